The number of ether oxygens (including phenoxy) is 3. The lowest BCUT2D eigenvalue weighted by atomic mass is 10.2. The van der Waals surface area contributed by atoms with E-state index >= 15 is 0 Å². The molecule has 6 heteroatoms. The van der Waals surface area contributed by atoms with Crippen LogP contribution >= 0.6 is 0 Å². The largest absolute Gasteiger partial charge is 0.493 e. The highest BCUT2D eigenvalue weighted by Gasteiger charge is 2.17. The van der Waals surface area contributed by atoms with Crippen molar-refractivity contribution in [1.82, 2.24) is 4.98 Å². The molecule has 0 radical (unpaired) electrons. The summed E-state index contributed by atoms with van der Waals surface area (Å²) in [4.78, 5) is 16.8. The minimum atomic E-state index is -0.698. The van der Waals surface area contributed by atoms with Crippen LogP contribution in [0.1, 0.15) is 6.92 Å². The number of nitrogens with zero attached hydrogens (tertiary/aromatic N) is 1. The van der Waals surface area contributed by atoms with Gasteiger partial charge in [0.05, 0.1) is 14.2 Å². The topological polar surface area (TPSA) is 69.7 Å². The highest BCUT2D eigenvalue weighted by atomic mass is 16.5. The first-order valence-electron chi connectivity index (χ1n) is 8.15. The summed E-state index contributed by atoms with van der Waals surface area (Å²) in [5, 5.41) is 3.77. The molecule has 3 aromatic rings. The Hall–Kier alpha value is -3.28. The van der Waals surface area contributed by atoms with Crippen molar-refractivity contribution in [3.63, 3.8) is 0 Å². The zero-order valence-corrected chi connectivity index (χ0v) is 14.9. The third-order valence-corrected chi connectivity index (χ3v) is 3.92. The molecule has 1 heterocycles. The van der Waals surface area contributed by atoms with Gasteiger partial charge in [-0.3, -0.25) is 9.78 Å². The summed E-state index contributed by atoms with van der Waals surface area (Å²) in [6.07, 6.45) is 1.000. The summed E-state index contributed by atoms with van der Waals surface area (Å²) in [6, 6.07) is 14.6. The van der Waals surface area contributed by atoms with E-state index in [4.69, 9.17) is 14.2 Å². The lowest BCUT2D eigenvalue weighted by Crippen LogP contribution is -2.30. The summed E-state index contributed by atoms with van der Waals surface area (Å²) in [5.41, 5.74) is 1.32. The predicted molar refractivity (Wildman–Crippen MR) is 100 cm³/mol. The van der Waals surface area contributed by atoms with Gasteiger partial charge in [0.25, 0.3) is 5.91 Å². The van der Waals surface area contributed by atoms with Crippen LogP contribution in [0.2, 0.25) is 0 Å². The van der Waals surface area contributed by atoms with Gasteiger partial charge in [-0.2, -0.15) is 0 Å². The maximum Gasteiger partial charge on any atom is 0.265 e. The molecule has 0 fully saturated rings. The maximum absolute atomic E-state index is 12.5. The fraction of sp³-hybridized carbons (Fsp3) is 0.200. The quantitative estimate of drug-likeness (QED) is 0.733. The molecule has 26 heavy (non-hydrogen) atoms. The van der Waals surface area contributed by atoms with Crippen molar-refractivity contribution >= 4 is 22.5 Å². The van der Waals surface area contributed by atoms with Crippen LogP contribution in [0.3, 0.4) is 0 Å². The van der Waals surface area contributed by atoms with Crippen LogP contribution in [0.5, 0.6) is 17.2 Å². The first-order chi connectivity index (χ1) is 12.6. The van der Waals surface area contributed by atoms with Crippen LogP contribution in [-0.4, -0.2) is 31.2 Å². The van der Waals surface area contributed by atoms with E-state index in [1.54, 1.807) is 51.6 Å². The third kappa shape index (κ3) is 3.69. The number of anilines is 1. The van der Waals surface area contributed by atoms with E-state index in [2.05, 4.69) is 10.3 Å². The average Bonchev–Trinajstić information content (AvgIpc) is 2.68. The Bertz CT molecular complexity index is 921. The Balaban J connectivity index is 1.74. The molecule has 0 bridgehead atoms. The van der Waals surface area contributed by atoms with Gasteiger partial charge in [0, 0.05) is 23.3 Å². The smallest absolute Gasteiger partial charge is 0.265 e. The molecule has 2 aromatic carbocycles. The molecule has 0 saturated carbocycles. The molecule has 0 saturated heterocycles. The third-order valence-electron chi connectivity index (χ3n) is 3.92. The van der Waals surface area contributed by atoms with Crippen LogP contribution in [0.25, 0.3) is 10.9 Å². The van der Waals surface area contributed by atoms with Gasteiger partial charge in [0.1, 0.15) is 11.3 Å². The normalized spacial score (nSPS) is 11.7. The van der Waals surface area contributed by atoms with Crippen LogP contribution in [0, 0.1) is 0 Å². The number of methoxy groups -OCH3 is 2. The van der Waals surface area contributed by atoms with Crippen molar-refractivity contribution in [3.8, 4) is 17.2 Å². The standard InChI is InChI=1S/C20H20N2O4/c1-13(26-17-8-4-6-14-7-5-11-21-19(14)17)20(23)22-15-9-10-16(24-2)18(12-15)25-3/h4-13H,1-3H3,(H,22,23)/t13-/m0/s1. The van der Waals surface area contributed by atoms with E-state index in [0.717, 1.165) is 10.9 Å². The first kappa shape index (κ1) is 17.5. The molecule has 1 N–H and O–H groups in total. The number of benzene rings is 2. The number of para-hydroxylation sites is 1. The fourth-order valence-corrected chi connectivity index (χ4v) is 2.57. The van der Waals surface area contributed by atoms with Crippen molar-refractivity contribution in [1.29, 1.82) is 0 Å². The first-order valence-corrected chi connectivity index (χ1v) is 8.15. The molecule has 6 nitrogen and oxygen atoms in total. The summed E-state index contributed by atoms with van der Waals surface area (Å²) in [5.74, 6) is 1.43. The molecule has 0 unspecified atom stereocenters. The molecule has 0 spiro atoms. The van der Waals surface area contributed by atoms with Gasteiger partial charge in [-0.15, -0.1) is 0 Å². The van der Waals surface area contributed by atoms with E-state index in [0.29, 0.717) is 22.9 Å². The van der Waals surface area contributed by atoms with E-state index in [1.165, 1.54) is 0 Å². The van der Waals surface area contributed by atoms with Gasteiger partial charge in [0.2, 0.25) is 0 Å². The van der Waals surface area contributed by atoms with Crippen molar-refractivity contribution in [2.75, 3.05) is 19.5 Å². The molecular weight excluding hydrogens is 332 g/mol. The number of carbonyl (C=O) groups excluding carboxylic acids is 1. The number of fused-ring (bicyclic) bond motifs is 1. The van der Waals surface area contributed by atoms with Gasteiger partial charge in [0.15, 0.2) is 17.6 Å². The van der Waals surface area contributed by atoms with Gasteiger partial charge in [-0.25, -0.2) is 0 Å². The molecule has 3 rings (SSSR count). The second-order valence-electron chi connectivity index (χ2n) is 5.65. The number of aromatic nitrogens is 1. The number of pyridine rings is 1. The van der Waals surface area contributed by atoms with E-state index in [-0.39, 0.29) is 5.91 Å². The van der Waals surface area contributed by atoms with Gasteiger partial charge in [-0.1, -0.05) is 18.2 Å². The second-order valence-corrected chi connectivity index (χ2v) is 5.65. The van der Waals surface area contributed by atoms with Crippen molar-refractivity contribution in [2.45, 2.75) is 13.0 Å². The summed E-state index contributed by atoms with van der Waals surface area (Å²) in [6.45, 7) is 1.69. The van der Waals surface area contributed by atoms with E-state index in [1.807, 2.05) is 24.3 Å². The zero-order valence-electron chi connectivity index (χ0n) is 14.9. The fourth-order valence-electron chi connectivity index (χ4n) is 2.57. The van der Waals surface area contributed by atoms with Crippen molar-refractivity contribution in [2.24, 2.45) is 0 Å². The van der Waals surface area contributed by atoms with E-state index < -0.39 is 6.10 Å². The molecule has 1 atom stereocenters. The minimum Gasteiger partial charge on any atom is -0.493 e. The minimum absolute atomic E-state index is 0.273. The predicted octanol–water partition coefficient (Wildman–Crippen LogP) is 3.66. The Morgan fingerprint density at radius 2 is 1.77 bits per heavy atom. The molecule has 134 valence electrons. The van der Waals surface area contributed by atoms with Gasteiger partial charge in [-0.05, 0) is 31.2 Å². The Morgan fingerprint density at radius 1 is 1.00 bits per heavy atom. The zero-order chi connectivity index (χ0) is 18.5. The molecule has 0 aliphatic carbocycles. The second kappa shape index (κ2) is 7.74. The van der Waals surface area contributed by atoms with Crippen molar-refractivity contribution in [3.05, 3.63) is 54.7 Å². The Morgan fingerprint density at radius 3 is 2.54 bits per heavy atom. The van der Waals surface area contributed by atoms with Gasteiger partial charge < -0.3 is 19.5 Å². The van der Waals surface area contributed by atoms with Crippen molar-refractivity contribution < 1.29 is 19.0 Å². The van der Waals surface area contributed by atoms with Crippen LogP contribution in [0.4, 0.5) is 5.69 Å². The highest BCUT2D eigenvalue weighted by Crippen LogP contribution is 2.30. The lowest BCUT2D eigenvalue weighted by Gasteiger charge is -2.16. The van der Waals surface area contributed by atoms with Gasteiger partial charge >= 0.3 is 0 Å². The summed E-state index contributed by atoms with van der Waals surface area (Å²) >= 11 is 0. The summed E-state index contributed by atoms with van der Waals surface area (Å²) < 4.78 is 16.3. The van der Waals surface area contributed by atoms with Crippen LogP contribution < -0.4 is 19.5 Å². The maximum atomic E-state index is 12.5. The summed E-state index contributed by atoms with van der Waals surface area (Å²) in [7, 11) is 3.10. The number of carbonyl (C=O) groups is 1. The number of amides is 1. The molecular formula is C20H20N2O4. The van der Waals surface area contributed by atoms with Crippen LogP contribution in [-0.2, 0) is 4.79 Å². The molecule has 1 aromatic heterocycles. The number of hydrogen-bond donors (Lipinski definition) is 1. The number of nitrogens with one attached hydrogen (secondary N) is 1. The monoisotopic (exact) mass is 352 g/mol. The Kier molecular flexibility index (Phi) is 5.22. The SMILES string of the molecule is COc1ccc(NC(=O)[C@H](C)Oc2cccc3cccnc23)cc1OC. The number of hydrogen-bond acceptors (Lipinski definition) is 5. The van der Waals surface area contributed by atoms with E-state index in [9.17, 15) is 4.79 Å². The van der Waals surface area contributed by atoms with Crippen LogP contribution in [0.15, 0.2) is 54.7 Å². The average molecular weight is 352 g/mol. The highest BCUT2D eigenvalue weighted by molar-refractivity contribution is 5.95. The molecule has 0 aliphatic rings. The molecule has 0 aliphatic heterocycles. The Labute approximate surface area is 151 Å². The number of rotatable bonds is 6. The molecule has 1 amide bonds. The lowest BCUT2D eigenvalue weighted by molar-refractivity contribution is -0.122.